The standard InChI is InChI=1S/C9H8BrClF2S/c10-7(5-3-9(12,13)4-5)8-6(11)1-2-14-8/h1-2,5,7H,3-4H2. The maximum atomic E-state index is 12.6. The lowest BCUT2D eigenvalue weighted by Crippen LogP contribution is -2.37. The van der Waals surface area contributed by atoms with E-state index in [0.29, 0.717) is 5.02 Å². The van der Waals surface area contributed by atoms with Crippen molar-refractivity contribution in [2.45, 2.75) is 23.6 Å². The highest BCUT2D eigenvalue weighted by Crippen LogP contribution is 2.53. The summed E-state index contributed by atoms with van der Waals surface area (Å²) in [4.78, 5) is 0.946. The summed E-state index contributed by atoms with van der Waals surface area (Å²) in [7, 11) is 0. The van der Waals surface area contributed by atoms with Crippen LogP contribution in [0.3, 0.4) is 0 Å². The van der Waals surface area contributed by atoms with Gasteiger partial charge in [0.15, 0.2) is 0 Å². The van der Waals surface area contributed by atoms with E-state index in [9.17, 15) is 8.78 Å². The highest BCUT2D eigenvalue weighted by Gasteiger charge is 2.48. The molecule has 0 amide bonds. The van der Waals surface area contributed by atoms with Crippen LogP contribution in [0, 0.1) is 5.92 Å². The van der Waals surface area contributed by atoms with Gasteiger partial charge in [0.05, 0.1) is 9.85 Å². The Morgan fingerprint density at radius 2 is 2.21 bits per heavy atom. The fourth-order valence-electron chi connectivity index (χ4n) is 1.63. The van der Waals surface area contributed by atoms with Crippen LogP contribution < -0.4 is 0 Å². The number of rotatable bonds is 2. The minimum atomic E-state index is -2.46. The highest BCUT2D eigenvalue weighted by molar-refractivity contribution is 9.09. The second-order valence-corrected chi connectivity index (χ2v) is 5.90. The third-order valence-electron chi connectivity index (χ3n) is 2.43. The molecule has 0 radical (unpaired) electrons. The third kappa shape index (κ3) is 1.97. The molecule has 1 unspecified atom stereocenters. The van der Waals surface area contributed by atoms with Crippen LogP contribution in [0.1, 0.15) is 22.5 Å². The summed E-state index contributed by atoms with van der Waals surface area (Å²) in [5, 5.41) is 2.55. The smallest absolute Gasteiger partial charge is 0.207 e. The van der Waals surface area contributed by atoms with Gasteiger partial charge in [0, 0.05) is 17.7 Å². The molecule has 2 rings (SSSR count). The molecule has 1 aliphatic carbocycles. The van der Waals surface area contributed by atoms with Crippen molar-refractivity contribution in [2.75, 3.05) is 0 Å². The van der Waals surface area contributed by atoms with Gasteiger partial charge in [-0.05, 0) is 17.4 Å². The average molecular weight is 302 g/mol. The molecule has 0 aliphatic heterocycles. The number of alkyl halides is 3. The van der Waals surface area contributed by atoms with Crippen molar-refractivity contribution < 1.29 is 8.78 Å². The van der Waals surface area contributed by atoms with Gasteiger partial charge in [-0.3, -0.25) is 0 Å². The van der Waals surface area contributed by atoms with Gasteiger partial charge in [-0.2, -0.15) is 0 Å². The SMILES string of the molecule is FC1(F)CC(C(Br)c2sccc2Cl)C1. The highest BCUT2D eigenvalue weighted by atomic mass is 79.9. The third-order valence-corrected chi connectivity index (χ3v) is 5.38. The first-order valence-electron chi connectivity index (χ1n) is 4.24. The number of thiophene rings is 1. The Balaban J connectivity index is 2.04. The molecule has 5 heteroatoms. The van der Waals surface area contributed by atoms with Gasteiger partial charge in [0.1, 0.15) is 0 Å². The molecular weight excluding hydrogens is 294 g/mol. The summed E-state index contributed by atoms with van der Waals surface area (Å²) in [6.07, 6.45) is -0.0612. The van der Waals surface area contributed by atoms with Crippen molar-refractivity contribution in [3.63, 3.8) is 0 Å². The molecular formula is C9H8BrClF2S. The van der Waals surface area contributed by atoms with Gasteiger partial charge in [-0.1, -0.05) is 27.5 Å². The zero-order valence-electron chi connectivity index (χ0n) is 7.14. The lowest BCUT2D eigenvalue weighted by atomic mass is 9.79. The van der Waals surface area contributed by atoms with Crippen molar-refractivity contribution in [1.82, 2.24) is 0 Å². The van der Waals surface area contributed by atoms with Gasteiger partial charge < -0.3 is 0 Å². The van der Waals surface area contributed by atoms with E-state index >= 15 is 0 Å². The first-order valence-corrected chi connectivity index (χ1v) is 6.42. The van der Waals surface area contributed by atoms with Crippen LogP contribution in [0.4, 0.5) is 8.78 Å². The molecule has 1 heterocycles. The molecule has 78 valence electrons. The van der Waals surface area contributed by atoms with Gasteiger partial charge in [-0.25, -0.2) is 8.78 Å². The van der Waals surface area contributed by atoms with Crippen molar-refractivity contribution in [2.24, 2.45) is 5.92 Å². The molecule has 1 fully saturated rings. The molecule has 0 aromatic carbocycles. The average Bonchev–Trinajstić information content (AvgIpc) is 2.45. The minimum Gasteiger partial charge on any atom is -0.207 e. The summed E-state index contributed by atoms with van der Waals surface area (Å²) in [6.45, 7) is 0. The molecule has 14 heavy (non-hydrogen) atoms. The summed E-state index contributed by atoms with van der Waals surface area (Å²) in [5.74, 6) is -2.44. The van der Waals surface area contributed by atoms with Crippen molar-refractivity contribution in [3.05, 3.63) is 21.3 Å². The van der Waals surface area contributed by atoms with Gasteiger partial charge in [0.25, 0.3) is 0 Å². The zero-order chi connectivity index (χ0) is 10.3. The van der Waals surface area contributed by atoms with Gasteiger partial charge in [0.2, 0.25) is 5.92 Å². The van der Waals surface area contributed by atoms with Crippen LogP contribution >= 0.6 is 38.9 Å². The van der Waals surface area contributed by atoms with Crippen LogP contribution in [0.2, 0.25) is 5.02 Å². The van der Waals surface area contributed by atoms with Crippen LogP contribution in [-0.4, -0.2) is 5.92 Å². The molecule has 0 saturated heterocycles. The van der Waals surface area contributed by atoms with E-state index in [2.05, 4.69) is 15.9 Å². The fourth-order valence-corrected chi connectivity index (χ4v) is 3.95. The quantitative estimate of drug-likeness (QED) is 0.683. The molecule has 1 saturated carbocycles. The number of halogens is 4. The van der Waals surface area contributed by atoms with E-state index in [1.165, 1.54) is 11.3 Å². The Hall–Kier alpha value is 0.330. The minimum absolute atomic E-state index is 0.0150. The van der Waals surface area contributed by atoms with Crippen molar-refractivity contribution in [1.29, 1.82) is 0 Å². The predicted molar refractivity (Wildman–Crippen MR) is 58.7 cm³/mol. The first-order chi connectivity index (χ1) is 6.49. The second-order valence-electron chi connectivity index (χ2n) is 3.56. The first kappa shape index (κ1) is 10.8. The van der Waals surface area contributed by atoms with E-state index in [1.807, 2.05) is 5.38 Å². The number of hydrogen-bond donors (Lipinski definition) is 0. The van der Waals surface area contributed by atoms with E-state index in [0.717, 1.165) is 4.88 Å². The summed E-state index contributed by atoms with van der Waals surface area (Å²) in [5.41, 5.74) is 0. The lowest BCUT2D eigenvalue weighted by Gasteiger charge is -2.37. The Morgan fingerprint density at radius 3 is 2.64 bits per heavy atom. The molecule has 0 bridgehead atoms. The monoisotopic (exact) mass is 300 g/mol. The Bertz CT molecular complexity index is 331. The molecule has 0 nitrogen and oxygen atoms in total. The van der Waals surface area contributed by atoms with E-state index < -0.39 is 5.92 Å². The summed E-state index contributed by atoms with van der Waals surface area (Å²) in [6, 6.07) is 1.80. The summed E-state index contributed by atoms with van der Waals surface area (Å²) < 4.78 is 25.3. The summed E-state index contributed by atoms with van der Waals surface area (Å²) >= 11 is 10.9. The normalized spacial score (nSPS) is 23.1. The molecule has 1 aromatic rings. The molecule has 1 atom stereocenters. The van der Waals surface area contributed by atoms with Crippen molar-refractivity contribution in [3.8, 4) is 0 Å². The Kier molecular flexibility index (Phi) is 2.88. The maximum absolute atomic E-state index is 12.6. The molecule has 0 spiro atoms. The Morgan fingerprint density at radius 1 is 1.57 bits per heavy atom. The van der Waals surface area contributed by atoms with Crippen LogP contribution in [0.15, 0.2) is 11.4 Å². The second kappa shape index (κ2) is 3.72. The largest absolute Gasteiger partial charge is 0.248 e. The Labute approximate surface area is 98.4 Å². The van der Waals surface area contributed by atoms with Crippen LogP contribution in [0.5, 0.6) is 0 Å². The van der Waals surface area contributed by atoms with E-state index in [4.69, 9.17) is 11.6 Å². The number of hydrogen-bond acceptors (Lipinski definition) is 1. The van der Waals surface area contributed by atoms with E-state index in [1.54, 1.807) is 6.07 Å². The van der Waals surface area contributed by atoms with Crippen molar-refractivity contribution >= 4 is 38.9 Å². The van der Waals surface area contributed by atoms with Gasteiger partial charge in [-0.15, -0.1) is 11.3 Å². The zero-order valence-corrected chi connectivity index (χ0v) is 10.3. The molecule has 0 N–H and O–H groups in total. The topological polar surface area (TPSA) is 0 Å². The maximum Gasteiger partial charge on any atom is 0.248 e. The lowest BCUT2D eigenvalue weighted by molar-refractivity contribution is -0.109. The van der Waals surface area contributed by atoms with E-state index in [-0.39, 0.29) is 23.6 Å². The van der Waals surface area contributed by atoms with Crippen LogP contribution in [-0.2, 0) is 0 Å². The fraction of sp³-hybridized carbons (Fsp3) is 0.556. The predicted octanol–water partition coefficient (Wildman–Crippen LogP) is 4.88. The van der Waals surface area contributed by atoms with Gasteiger partial charge >= 0.3 is 0 Å². The van der Waals surface area contributed by atoms with Crippen LogP contribution in [0.25, 0.3) is 0 Å². The molecule has 1 aromatic heterocycles. The molecule has 1 aliphatic rings.